The van der Waals surface area contributed by atoms with Crippen LogP contribution >= 0.6 is 27.5 Å². The van der Waals surface area contributed by atoms with Crippen molar-refractivity contribution in [2.24, 2.45) is 5.84 Å². The summed E-state index contributed by atoms with van der Waals surface area (Å²) in [5, 5.41) is 0.670. The summed E-state index contributed by atoms with van der Waals surface area (Å²) >= 11 is 9.31. The van der Waals surface area contributed by atoms with Crippen molar-refractivity contribution in [3.63, 3.8) is 0 Å². The van der Waals surface area contributed by atoms with Crippen LogP contribution in [0, 0.1) is 0 Å². The highest BCUT2D eigenvalue weighted by Crippen LogP contribution is 2.27. The van der Waals surface area contributed by atoms with E-state index in [4.69, 9.17) is 17.4 Å². The van der Waals surface area contributed by atoms with Gasteiger partial charge >= 0.3 is 0 Å². The molecule has 0 bridgehead atoms. The number of halogens is 2. The number of hydrogen-bond acceptors (Lipinski definition) is 2. The van der Waals surface area contributed by atoms with Gasteiger partial charge < -0.3 is 0 Å². The van der Waals surface area contributed by atoms with Crippen LogP contribution < -0.4 is 11.3 Å². The van der Waals surface area contributed by atoms with E-state index in [0.29, 0.717) is 5.02 Å². The SMILES string of the molecule is C=C(C)C(NN)c1ccc(Br)c(Cl)c1. The largest absolute Gasteiger partial charge is 0.271 e. The van der Waals surface area contributed by atoms with E-state index >= 15 is 0 Å². The van der Waals surface area contributed by atoms with Crippen molar-refractivity contribution < 1.29 is 0 Å². The van der Waals surface area contributed by atoms with Crippen molar-refractivity contribution >= 4 is 27.5 Å². The molecule has 1 aromatic rings. The zero-order chi connectivity index (χ0) is 10.7. The van der Waals surface area contributed by atoms with E-state index in [1.54, 1.807) is 0 Å². The Morgan fingerprint density at radius 3 is 2.71 bits per heavy atom. The van der Waals surface area contributed by atoms with Crippen molar-refractivity contribution in [2.45, 2.75) is 13.0 Å². The highest BCUT2D eigenvalue weighted by Gasteiger charge is 2.11. The van der Waals surface area contributed by atoms with Crippen LogP contribution in [-0.2, 0) is 0 Å². The molecule has 1 rings (SSSR count). The molecule has 0 spiro atoms. The average molecular weight is 276 g/mol. The van der Waals surface area contributed by atoms with Crippen molar-refractivity contribution in [1.29, 1.82) is 0 Å². The molecule has 0 saturated heterocycles. The first kappa shape index (κ1) is 11.7. The van der Waals surface area contributed by atoms with Crippen LogP contribution in [-0.4, -0.2) is 0 Å². The zero-order valence-corrected chi connectivity index (χ0v) is 10.2. The summed E-state index contributed by atoms with van der Waals surface area (Å²) < 4.78 is 0.875. The molecule has 0 fully saturated rings. The van der Waals surface area contributed by atoms with Crippen LogP contribution in [0.25, 0.3) is 0 Å². The topological polar surface area (TPSA) is 38.0 Å². The van der Waals surface area contributed by atoms with Gasteiger partial charge in [0.25, 0.3) is 0 Å². The monoisotopic (exact) mass is 274 g/mol. The molecule has 0 aliphatic rings. The number of nitrogens with one attached hydrogen (secondary N) is 1. The van der Waals surface area contributed by atoms with Crippen LogP contribution in [0.15, 0.2) is 34.8 Å². The second-order valence-corrected chi connectivity index (χ2v) is 4.38. The molecule has 1 aromatic carbocycles. The third-order valence-electron chi connectivity index (χ3n) is 1.94. The number of benzene rings is 1. The predicted octanol–water partition coefficient (Wildman–Crippen LogP) is 3.18. The van der Waals surface area contributed by atoms with E-state index in [1.807, 2.05) is 25.1 Å². The minimum atomic E-state index is -0.0550. The molecule has 0 heterocycles. The van der Waals surface area contributed by atoms with E-state index < -0.39 is 0 Å². The minimum absolute atomic E-state index is 0.0550. The number of hydrogen-bond donors (Lipinski definition) is 2. The first-order valence-corrected chi connectivity index (χ1v) is 5.30. The van der Waals surface area contributed by atoms with Gasteiger partial charge in [-0.3, -0.25) is 5.84 Å². The number of rotatable bonds is 3. The van der Waals surface area contributed by atoms with E-state index in [1.165, 1.54) is 0 Å². The lowest BCUT2D eigenvalue weighted by Gasteiger charge is -2.16. The van der Waals surface area contributed by atoms with Crippen LogP contribution in [0.4, 0.5) is 0 Å². The maximum atomic E-state index is 5.97. The molecule has 14 heavy (non-hydrogen) atoms. The summed E-state index contributed by atoms with van der Waals surface area (Å²) in [4.78, 5) is 0. The maximum Gasteiger partial charge on any atom is 0.0665 e. The van der Waals surface area contributed by atoms with Gasteiger partial charge in [-0.25, -0.2) is 5.43 Å². The third kappa shape index (κ3) is 2.58. The summed E-state index contributed by atoms with van der Waals surface area (Å²) in [7, 11) is 0. The summed E-state index contributed by atoms with van der Waals surface area (Å²) in [5.74, 6) is 5.43. The average Bonchev–Trinajstić information content (AvgIpc) is 2.11. The summed E-state index contributed by atoms with van der Waals surface area (Å²) in [5.41, 5.74) is 4.65. The Bertz CT molecular complexity index is 352. The predicted molar refractivity (Wildman–Crippen MR) is 64.0 cm³/mol. The minimum Gasteiger partial charge on any atom is -0.271 e. The fourth-order valence-electron chi connectivity index (χ4n) is 1.21. The fraction of sp³-hybridized carbons (Fsp3) is 0.200. The van der Waals surface area contributed by atoms with E-state index in [0.717, 1.165) is 15.6 Å². The van der Waals surface area contributed by atoms with Gasteiger partial charge in [0.15, 0.2) is 0 Å². The second kappa shape index (κ2) is 4.94. The molecule has 0 radical (unpaired) electrons. The molecule has 0 aromatic heterocycles. The third-order valence-corrected chi connectivity index (χ3v) is 3.17. The van der Waals surface area contributed by atoms with Crippen molar-refractivity contribution in [1.82, 2.24) is 5.43 Å². The van der Waals surface area contributed by atoms with E-state index in [-0.39, 0.29) is 6.04 Å². The van der Waals surface area contributed by atoms with Gasteiger partial charge in [0.05, 0.1) is 11.1 Å². The standard InChI is InChI=1S/C10H12BrClN2/c1-6(2)10(14-13)7-3-4-8(11)9(12)5-7/h3-5,10,14H,1,13H2,2H3. The molecule has 1 unspecified atom stereocenters. The Balaban J connectivity index is 3.06. The first-order valence-electron chi connectivity index (χ1n) is 4.12. The molecule has 0 amide bonds. The summed E-state index contributed by atoms with van der Waals surface area (Å²) in [6.07, 6.45) is 0. The highest BCUT2D eigenvalue weighted by molar-refractivity contribution is 9.10. The molecule has 3 N–H and O–H groups in total. The molecule has 4 heteroatoms. The Morgan fingerprint density at radius 2 is 2.29 bits per heavy atom. The van der Waals surface area contributed by atoms with Gasteiger partial charge in [0.1, 0.15) is 0 Å². The molecular formula is C10H12BrClN2. The molecule has 76 valence electrons. The normalized spacial score (nSPS) is 12.6. The summed E-state index contributed by atoms with van der Waals surface area (Å²) in [6, 6.07) is 5.66. The zero-order valence-electron chi connectivity index (χ0n) is 7.85. The van der Waals surface area contributed by atoms with Gasteiger partial charge in [0, 0.05) is 4.47 Å². The lowest BCUT2D eigenvalue weighted by Crippen LogP contribution is -2.28. The van der Waals surface area contributed by atoms with Crippen LogP contribution in [0.2, 0.25) is 5.02 Å². The molecule has 0 aliphatic carbocycles. The molecule has 2 nitrogen and oxygen atoms in total. The highest BCUT2D eigenvalue weighted by atomic mass is 79.9. The van der Waals surface area contributed by atoms with Crippen LogP contribution in [0.3, 0.4) is 0 Å². The summed E-state index contributed by atoms with van der Waals surface area (Å²) in [6.45, 7) is 5.77. The molecule has 0 saturated carbocycles. The smallest absolute Gasteiger partial charge is 0.0665 e. The van der Waals surface area contributed by atoms with Gasteiger partial charge in [-0.1, -0.05) is 29.8 Å². The first-order chi connectivity index (χ1) is 6.56. The lowest BCUT2D eigenvalue weighted by atomic mass is 10.0. The van der Waals surface area contributed by atoms with E-state index in [2.05, 4.69) is 27.9 Å². The van der Waals surface area contributed by atoms with Crippen molar-refractivity contribution in [3.05, 3.63) is 45.4 Å². The molecule has 1 atom stereocenters. The van der Waals surface area contributed by atoms with E-state index in [9.17, 15) is 0 Å². The van der Waals surface area contributed by atoms with Gasteiger partial charge in [-0.2, -0.15) is 0 Å². The van der Waals surface area contributed by atoms with Gasteiger partial charge in [0.2, 0.25) is 0 Å². The van der Waals surface area contributed by atoms with Crippen LogP contribution in [0.5, 0.6) is 0 Å². The van der Waals surface area contributed by atoms with Crippen LogP contribution in [0.1, 0.15) is 18.5 Å². The molecule has 0 aliphatic heterocycles. The number of nitrogens with two attached hydrogens (primary N) is 1. The van der Waals surface area contributed by atoms with Gasteiger partial charge in [-0.15, -0.1) is 0 Å². The van der Waals surface area contributed by atoms with Gasteiger partial charge in [-0.05, 0) is 40.5 Å². The Labute approximate surface area is 97.2 Å². The molecular weight excluding hydrogens is 263 g/mol. The lowest BCUT2D eigenvalue weighted by molar-refractivity contribution is 0.627. The van der Waals surface area contributed by atoms with Crippen molar-refractivity contribution in [3.8, 4) is 0 Å². The Kier molecular flexibility index (Phi) is 4.13. The fourth-order valence-corrected chi connectivity index (χ4v) is 1.65. The maximum absolute atomic E-state index is 5.97. The Hall–Kier alpha value is -0.350. The van der Waals surface area contributed by atoms with Crippen molar-refractivity contribution in [2.75, 3.05) is 0 Å². The Morgan fingerprint density at radius 1 is 1.64 bits per heavy atom. The quantitative estimate of drug-likeness (QED) is 0.505. The number of hydrazine groups is 1. The second-order valence-electron chi connectivity index (χ2n) is 3.12.